The molecule has 0 amide bonds. The number of hydrogen-bond donors (Lipinski definition) is 1. The summed E-state index contributed by atoms with van der Waals surface area (Å²) in [6.45, 7) is 0.620. The lowest BCUT2D eigenvalue weighted by molar-refractivity contribution is -0.384. The number of ether oxygens (including phenoxy) is 2. The molecule has 2 aromatic heterocycles. The summed E-state index contributed by atoms with van der Waals surface area (Å²) >= 11 is 1.44. The van der Waals surface area contributed by atoms with Crippen LogP contribution in [0.25, 0.3) is 22.2 Å². The van der Waals surface area contributed by atoms with Crippen molar-refractivity contribution >= 4 is 33.6 Å². The standard InChI is InChI=1S/C27H24N4O4S/c1-34-19-11-12-21(26(15-19)35-2)25-17-36-27(29-23-9-5-6-10-24(23)31(32)33)30(25)14-13-18-16-28-22-8-4-3-7-20(18)22/h3-12,15-17,28H,13-14H2,1-2H3. The van der Waals surface area contributed by atoms with Gasteiger partial charge in [-0.15, -0.1) is 11.3 Å². The Bertz CT molecular complexity index is 1620. The smallest absolute Gasteiger partial charge is 0.294 e. The fraction of sp³-hybridized carbons (Fsp3) is 0.148. The zero-order chi connectivity index (χ0) is 25.1. The molecule has 0 radical (unpaired) electrons. The molecule has 5 aromatic rings. The Hall–Kier alpha value is -4.37. The van der Waals surface area contributed by atoms with Gasteiger partial charge in [-0.05, 0) is 36.2 Å². The van der Waals surface area contributed by atoms with Gasteiger partial charge in [0.25, 0.3) is 5.69 Å². The first-order valence-electron chi connectivity index (χ1n) is 11.3. The van der Waals surface area contributed by atoms with E-state index < -0.39 is 4.92 Å². The van der Waals surface area contributed by atoms with Crippen LogP contribution in [-0.2, 0) is 13.0 Å². The number of nitrogens with zero attached hydrogens (tertiary/aromatic N) is 3. The Morgan fingerprint density at radius 3 is 2.67 bits per heavy atom. The van der Waals surface area contributed by atoms with E-state index in [1.54, 1.807) is 32.4 Å². The van der Waals surface area contributed by atoms with Crippen molar-refractivity contribution in [3.8, 4) is 22.8 Å². The largest absolute Gasteiger partial charge is 0.497 e. The summed E-state index contributed by atoms with van der Waals surface area (Å²) in [5.74, 6) is 1.37. The predicted octanol–water partition coefficient (Wildman–Crippen LogP) is 6.10. The number of para-hydroxylation sites is 3. The van der Waals surface area contributed by atoms with Gasteiger partial charge in [-0.1, -0.05) is 30.3 Å². The van der Waals surface area contributed by atoms with Crippen LogP contribution in [-0.4, -0.2) is 28.7 Å². The van der Waals surface area contributed by atoms with Crippen molar-refractivity contribution in [1.82, 2.24) is 9.55 Å². The molecule has 8 nitrogen and oxygen atoms in total. The average molecular weight is 501 g/mol. The molecule has 0 spiro atoms. The number of methoxy groups -OCH3 is 2. The number of aryl methyl sites for hydroxylation is 1. The van der Waals surface area contributed by atoms with Gasteiger partial charge in [-0.2, -0.15) is 0 Å². The van der Waals surface area contributed by atoms with Gasteiger partial charge in [0.1, 0.15) is 17.2 Å². The van der Waals surface area contributed by atoms with Gasteiger partial charge in [0.2, 0.25) is 0 Å². The third-order valence-electron chi connectivity index (χ3n) is 6.06. The van der Waals surface area contributed by atoms with Gasteiger partial charge < -0.3 is 19.0 Å². The second kappa shape index (κ2) is 10.1. The first-order chi connectivity index (χ1) is 17.6. The molecule has 0 aliphatic carbocycles. The third kappa shape index (κ3) is 4.48. The highest BCUT2D eigenvalue weighted by Crippen LogP contribution is 2.34. The molecule has 5 rings (SSSR count). The summed E-state index contributed by atoms with van der Waals surface area (Å²) in [6.07, 6.45) is 2.78. The van der Waals surface area contributed by atoms with E-state index in [-0.39, 0.29) is 5.69 Å². The number of aromatic amines is 1. The number of H-pyrrole nitrogens is 1. The predicted molar refractivity (Wildman–Crippen MR) is 141 cm³/mol. The van der Waals surface area contributed by atoms with Crippen LogP contribution in [0.3, 0.4) is 0 Å². The van der Waals surface area contributed by atoms with Crippen LogP contribution in [0.1, 0.15) is 5.56 Å². The van der Waals surface area contributed by atoms with Crippen LogP contribution >= 0.6 is 11.3 Å². The Balaban J connectivity index is 1.64. The van der Waals surface area contributed by atoms with Gasteiger partial charge in [0, 0.05) is 46.7 Å². The fourth-order valence-electron chi connectivity index (χ4n) is 4.25. The van der Waals surface area contributed by atoms with Crippen molar-refractivity contribution in [2.45, 2.75) is 13.0 Å². The number of rotatable bonds is 8. The molecule has 0 saturated heterocycles. The summed E-state index contributed by atoms with van der Waals surface area (Å²) in [6, 6.07) is 20.4. The second-order valence-corrected chi connectivity index (χ2v) is 8.93. The quantitative estimate of drug-likeness (QED) is 0.206. The van der Waals surface area contributed by atoms with E-state index in [2.05, 4.69) is 21.7 Å². The SMILES string of the molecule is COc1ccc(-c2csc(=Nc3ccccc3[N+](=O)[O-])n2CCc2c[nH]c3ccccc23)c(OC)c1. The van der Waals surface area contributed by atoms with Gasteiger partial charge in [-0.25, -0.2) is 4.99 Å². The van der Waals surface area contributed by atoms with E-state index in [9.17, 15) is 10.1 Å². The minimum Gasteiger partial charge on any atom is -0.497 e. The summed E-state index contributed by atoms with van der Waals surface area (Å²) in [4.78, 5) is 19.9. The Morgan fingerprint density at radius 1 is 1.06 bits per heavy atom. The molecule has 36 heavy (non-hydrogen) atoms. The molecule has 0 fully saturated rings. The normalized spacial score (nSPS) is 11.7. The highest BCUT2D eigenvalue weighted by atomic mass is 32.1. The van der Waals surface area contributed by atoms with E-state index in [1.807, 2.05) is 41.9 Å². The van der Waals surface area contributed by atoms with Crippen LogP contribution in [0.4, 0.5) is 11.4 Å². The number of nitro groups is 1. The van der Waals surface area contributed by atoms with Crippen molar-refractivity contribution in [1.29, 1.82) is 0 Å². The first-order valence-corrected chi connectivity index (χ1v) is 12.2. The Labute approximate surface area is 211 Å². The van der Waals surface area contributed by atoms with E-state index in [0.717, 1.165) is 23.2 Å². The molecule has 0 atom stereocenters. The summed E-state index contributed by atoms with van der Waals surface area (Å²) < 4.78 is 13.1. The topological polar surface area (TPSA) is 94.7 Å². The minimum absolute atomic E-state index is 0.0299. The zero-order valence-electron chi connectivity index (χ0n) is 19.8. The second-order valence-electron chi connectivity index (χ2n) is 8.09. The monoisotopic (exact) mass is 500 g/mol. The number of hydrogen-bond acceptors (Lipinski definition) is 6. The van der Waals surface area contributed by atoms with E-state index >= 15 is 0 Å². The van der Waals surface area contributed by atoms with Crippen LogP contribution in [0.5, 0.6) is 11.5 Å². The molecule has 3 aromatic carbocycles. The maximum absolute atomic E-state index is 11.6. The highest BCUT2D eigenvalue weighted by Gasteiger charge is 2.17. The van der Waals surface area contributed by atoms with Crippen molar-refractivity contribution < 1.29 is 14.4 Å². The van der Waals surface area contributed by atoms with Gasteiger partial charge >= 0.3 is 0 Å². The van der Waals surface area contributed by atoms with Crippen molar-refractivity contribution in [3.63, 3.8) is 0 Å². The zero-order valence-corrected chi connectivity index (χ0v) is 20.6. The fourth-order valence-corrected chi connectivity index (χ4v) is 5.19. The average Bonchev–Trinajstić information content (AvgIpc) is 3.51. The Morgan fingerprint density at radius 2 is 1.86 bits per heavy atom. The molecular weight excluding hydrogens is 476 g/mol. The molecule has 0 bridgehead atoms. The lowest BCUT2D eigenvalue weighted by Gasteiger charge is -2.13. The third-order valence-corrected chi connectivity index (χ3v) is 6.92. The molecule has 0 aliphatic rings. The van der Waals surface area contributed by atoms with Gasteiger partial charge in [0.05, 0.1) is 24.8 Å². The number of fused-ring (bicyclic) bond motifs is 1. The summed E-state index contributed by atoms with van der Waals surface area (Å²) in [5.41, 5.74) is 4.36. The number of benzene rings is 3. The summed E-state index contributed by atoms with van der Waals surface area (Å²) in [5, 5.41) is 14.8. The molecule has 1 N–H and O–H groups in total. The van der Waals surface area contributed by atoms with Crippen molar-refractivity contribution in [2.75, 3.05) is 14.2 Å². The molecule has 0 unspecified atom stereocenters. The van der Waals surface area contributed by atoms with Crippen molar-refractivity contribution in [3.05, 3.63) is 98.8 Å². The van der Waals surface area contributed by atoms with E-state index in [1.165, 1.54) is 28.4 Å². The van der Waals surface area contributed by atoms with Crippen LogP contribution in [0.2, 0.25) is 0 Å². The van der Waals surface area contributed by atoms with Crippen LogP contribution < -0.4 is 14.3 Å². The lowest BCUT2D eigenvalue weighted by atomic mass is 10.1. The molecular formula is C27H24N4O4S. The molecule has 2 heterocycles. The van der Waals surface area contributed by atoms with E-state index in [4.69, 9.17) is 14.5 Å². The Kier molecular flexibility index (Phi) is 6.55. The first kappa shape index (κ1) is 23.4. The van der Waals surface area contributed by atoms with Gasteiger partial charge in [-0.3, -0.25) is 10.1 Å². The number of thiazole rings is 1. The molecule has 9 heteroatoms. The number of aromatic nitrogens is 2. The van der Waals surface area contributed by atoms with Crippen LogP contribution in [0, 0.1) is 10.1 Å². The summed E-state index contributed by atoms with van der Waals surface area (Å²) in [7, 11) is 3.24. The maximum Gasteiger partial charge on any atom is 0.294 e. The van der Waals surface area contributed by atoms with E-state index in [0.29, 0.717) is 28.5 Å². The van der Waals surface area contributed by atoms with Crippen LogP contribution in [0.15, 0.2) is 83.3 Å². The van der Waals surface area contributed by atoms with Crippen molar-refractivity contribution in [2.24, 2.45) is 4.99 Å². The minimum atomic E-state index is -0.407. The molecule has 182 valence electrons. The lowest BCUT2D eigenvalue weighted by Crippen LogP contribution is -2.17. The van der Waals surface area contributed by atoms with Gasteiger partial charge in [0.15, 0.2) is 4.80 Å². The molecule has 0 aliphatic heterocycles. The number of nitrogens with one attached hydrogen (secondary N) is 1. The highest BCUT2D eigenvalue weighted by molar-refractivity contribution is 7.07. The molecule has 0 saturated carbocycles. The maximum atomic E-state index is 11.6. The number of nitro benzene ring substituents is 1.